The van der Waals surface area contributed by atoms with E-state index in [1.54, 1.807) is 0 Å². The summed E-state index contributed by atoms with van der Waals surface area (Å²) in [4.78, 5) is 12.5. The molecule has 0 amide bonds. The Bertz CT molecular complexity index is 517. The number of carbonyl (C=O) groups excluding carboxylic acids is 1. The number of carbonyl (C=O) groups is 1. The zero-order chi connectivity index (χ0) is 21.4. The molecule has 1 rings (SSSR count). The summed E-state index contributed by atoms with van der Waals surface area (Å²) in [6.45, 7) is 27.2. The molecule has 0 aliphatic carbocycles. The summed E-state index contributed by atoms with van der Waals surface area (Å²) in [5.41, 5.74) is 0. The Morgan fingerprint density at radius 2 is 1.41 bits per heavy atom. The average Bonchev–Trinajstić information content (AvgIpc) is 2.46. The van der Waals surface area contributed by atoms with Gasteiger partial charge in [-0.2, -0.15) is 0 Å². The Balaban J connectivity index is 2.83. The number of rotatable bonds is 6. The molecule has 0 saturated carbocycles. The molecule has 0 aromatic rings. The zero-order valence-electron chi connectivity index (χ0n) is 19.9. The second-order valence-electron chi connectivity index (χ2n) is 11.4. The predicted molar refractivity (Wildman–Crippen MR) is 118 cm³/mol. The van der Waals surface area contributed by atoms with E-state index in [9.17, 15) is 4.79 Å². The van der Waals surface area contributed by atoms with Crippen LogP contribution < -0.4 is 0 Å². The number of cyclic esters (lactones) is 1. The Labute approximate surface area is 170 Å². The molecule has 1 heterocycles. The van der Waals surface area contributed by atoms with Crippen LogP contribution in [0.5, 0.6) is 0 Å². The minimum Gasteiger partial charge on any atom is -0.462 e. The van der Waals surface area contributed by atoms with Crippen molar-refractivity contribution < 1.29 is 18.4 Å². The highest BCUT2D eigenvalue weighted by atomic mass is 28.4. The Morgan fingerprint density at radius 1 is 0.926 bits per heavy atom. The number of hydrogen-bond donors (Lipinski definition) is 0. The summed E-state index contributed by atoms with van der Waals surface area (Å²) in [7, 11) is -3.74. The maximum absolute atomic E-state index is 12.5. The minimum atomic E-state index is -1.95. The molecule has 0 radical (unpaired) electrons. The van der Waals surface area contributed by atoms with Crippen LogP contribution in [0.25, 0.3) is 0 Å². The molecular formula is C21H44O4Si2. The SMILES string of the molecule is C[C@@H]1C(=O)O[C@H](CCO[Si](C)(C)C(C)(C)C)[C@@H](C)C1O[Si](C)(C)C(C)(C)C. The van der Waals surface area contributed by atoms with Crippen LogP contribution in [0.15, 0.2) is 0 Å². The maximum Gasteiger partial charge on any atom is 0.311 e. The van der Waals surface area contributed by atoms with Gasteiger partial charge in [0.25, 0.3) is 0 Å². The molecule has 160 valence electrons. The summed E-state index contributed by atoms with van der Waals surface area (Å²) in [6, 6.07) is 0. The van der Waals surface area contributed by atoms with Crippen molar-refractivity contribution in [2.24, 2.45) is 11.8 Å². The van der Waals surface area contributed by atoms with E-state index >= 15 is 0 Å². The van der Waals surface area contributed by atoms with Crippen molar-refractivity contribution in [1.29, 1.82) is 0 Å². The quantitative estimate of drug-likeness (QED) is 0.394. The number of ether oxygens (including phenoxy) is 1. The van der Waals surface area contributed by atoms with Gasteiger partial charge in [-0.25, -0.2) is 0 Å². The molecule has 6 heteroatoms. The third-order valence-corrected chi connectivity index (χ3v) is 16.2. The van der Waals surface area contributed by atoms with Crippen molar-refractivity contribution in [3.8, 4) is 0 Å². The van der Waals surface area contributed by atoms with Crippen molar-refractivity contribution in [3.63, 3.8) is 0 Å². The van der Waals surface area contributed by atoms with Gasteiger partial charge in [0.2, 0.25) is 0 Å². The van der Waals surface area contributed by atoms with Gasteiger partial charge in [0.1, 0.15) is 6.10 Å². The number of esters is 1. The van der Waals surface area contributed by atoms with E-state index in [-0.39, 0.29) is 40.1 Å². The highest BCUT2D eigenvalue weighted by Gasteiger charge is 2.47. The fraction of sp³-hybridized carbons (Fsp3) is 0.952. The summed E-state index contributed by atoms with van der Waals surface area (Å²) in [5.74, 6) is -0.171. The van der Waals surface area contributed by atoms with Gasteiger partial charge in [-0.3, -0.25) is 4.79 Å². The summed E-state index contributed by atoms with van der Waals surface area (Å²) in [5, 5.41) is 0.305. The van der Waals surface area contributed by atoms with E-state index < -0.39 is 16.6 Å². The van der Waals surface area contributed by atoms with Gasteiger partial charge >= 0.3 is 5.97 Å². The topological polar surface area (TPSA) is 44.8 Å². The lowest BCUT2D eigenvalue weighted by molar-refractivity contribution is -0.177. The van der Waals surface area contributed by atoms with Crippen molar-refractivity contribution in [1.82, 2.24) is 0 Å². The van der Waals surface area contributed by atoms with Gasteiger partial charge in [0.15, 0.2) is 16.6 Å². The Kier molecular flexibility index (Phi) is 7.63. The normalized spacial score (nSPS) is 28.2. The van der Waals surface area contributed by atoms with Crippen LogP contribution in [0.4, 0.5) is 0 Å². The molecule has 1 aliphatic heterocycles. The van der Waals surface area contributed by atoms with Gasteiger partial charge < -0.3 is 13.6 Å². The first-order valence-corrected chi connectivity index (χ1v) is 16.2. The smallest absolute Gasteiger partial charge is 0.311 e. The van der Waals surface area contributed by atoms with Crippen LogP contribution in [0, 0.1) is 11.8 Å². The van der Waals surface area contributed by atoms with E-state index in [2.05, 4.69) is 74.7 Å². The van der Waals surface area contributed by atoms with Crippen molar-refractivity contribution in [3.05, 3.63) is 0 Å². The van der Waals surface area contributed by atoms with Gasteiger partial charge in [0.05, 0.1) is 12.0 Å². The average molecular weight is 417 g/mol. The van der Waals surface area contributed by atoms with E-state index in [0.717, 1.165) is 6.42 Å². The van der Waals surface area contributed by atoms with Crippen LogP contribution in [0.1, 0.15) is 61.8 Å². The Morgan fingerprint density at radius 3 is 1.85 bits per heavy atom. The van der Waals surface area contributed by atoms with Crippen LogP contribution in [-0.4, -0.2) is 41.4 Å². The molecule has 0 N–H and O–H groups in total. The summed E-state index contributed by atoms with van der Waals surface area (Å²) < 4.78 is 18.8. The minimum absolute atomic E-state index is 0.0787. The molecule has 1 unspecified atom stereocenters. The van der Waals surface area contributed by atoms with E-state index in [4.69, 9.17) is 13.6 Å². The molecule has 0 bridgehead atoms. The van der Waals surface area contributed by atoms with Crippen molar-refractivity contribution in [2.75, 3.05) is 6.61 Å². The molecule has 1 aliphatic rings. The lowest BCUT2D eigenvalue weighted by Crippen LogP contribution is -2.54. The van der Waals surface area contributed by atoms with Crippen molar-refractivity contribution >= 4 is 22.6 Å². The largest absolute Gasteiger partial charge is 0.462 e. The van der Waals surface area contributed by atoms with Crippen LogP contribution in [0.3, 0.4) is 0 Å². The van der Waals surface area contributed by atoms with E-state index in [0.29, 0.717) is 6.61 Å². The molecule has 27 heavy (non-hydrogen) atoms. The summed E-state index contributed by atoms with van der Waals surface area (Å²) in [6.07, 6.45) is 0.530. The molecule has 1 saturated heterocycles. The monoisotopic (exact) mass is 416 g/mol. The summed E-state index contributed by atoms with van der Waals surface area (Å²) >= 11 is 0. The van der Waals surface area contributed by atoms with Gasteiger partial charge in [0, 0.05) is 18.9 Å². The van der Waals surface area contributed by atoms with Crippen LogP contribution >= 0.6 is 0 Å². The molecule has 1 fully saturated rings. The first-order valence-electron chi connectivity index (χ1n) is 10.4. The van der Waals surface area contributed by atoms with Crippen LogP contribution in [-0.2, 0) is 18.4 Å². The fourth-order valence-electron chi connectivity index (χ4n) is 2.86. The molecule has 0 spiro atoms. The highest BCUT2D eigenvalue weighted by Crippen LogP contribution is 2.41. The van der Waals surface area contributed by atoms with Gasteiger partial charge in [-0.05, 0) is 43.2 Å². The lowest BCUT2D eigenvalue weighted by Gasteiger charge is -2.46. The standard InChI is InChI=1S/C21H44O4Si2/c1-15-17(13-14-23-26(9,10)20(3,4)5)24-19(22)16(2)18(15)25-27(11,12)21(6,7)8/h15-18H,13-14H2,1-12H3/t15-,16+,17-,18?/m1/s1. The molecular weight excluding hydrogens is 372 g/mol. The van der Waals surface area contributed by atoms with Gasteiger partial charge in [-0.15, -0.1) is 0 Å². The third-order valence-electron chi connectivity index (χ3n) is 7.15. The molecule has 4 nitrogen and oxygen atoms in total. The fourth-order valence-corrected chi connectivity index (χ4v) is 5.37. The first-order chi connectivity index (χ1) is 11.9. The molecule has 0 aromatic carbocycles. The van der Waals surface area contributed by atoms with Crippen LogP contribution in [0.2, 0.25) is 36.3 Å². The second kappa shape index (κ2) is 8.29. The van der Waals surface area contributed by atoms with Crippen molar-refractivity contribution in [2.45, 2.75) is 110 Å². The number of hydrogen-bond acceptors (Lipinski definition) is 4. The lowest BCUT2D eigenvalue weighted by atomic mass is 9.85. The predicted octanol–water partition coefficient (Wildman–Crippen LogP) is 5.99. The molecule has 0 aromatic heterocycles. The molecule has 4 atom stereocenters. The second-order valence-corrected chi connectivity index (χ2v) is 20.9. The maximum atomic E-state index is 12.5. The zero-order valence-corrected chi connectivity index (χ0v) is 21.9. The Hall–Kier alpha value is -0.176. The highest BCUT2D eigenvalue weighted by molar-refractivity contribution is 6.74. The third kappa shape index (κ3) is 5.90. The van der Waals surface area contributed by atoms with E-state index in [1.165, 1.54) is 0 Å². The van der Waals surface area contributed by atoms with Gasteiger partial charge in [-0.1, -0.05) is 48.5 Å². The van der Waals surface area contributed by atoms with E-state index in [1.807, 2.05) is 6.92 Å². The first kappa shape index (κ1) is 24.9.